The van der Waals surface area contributed by atoms with E-state index in [0.717, 1.165) is 17.3 Å². The zero-order chi connectivity index (χ0) is 15.0. The van der Waals surface area contributed by atoms with Crippen LogP contribution in [-0.4, -0.2) is 23.2 Å². The molecular formula is C16H22BrNO2. The van der Waals surface area contributed by atoms with Crippen molar-refractivity contribution in [1.82, 2.24) is 5.32 Å². The molecule has 0 bridgehead atoms. The third kappa shape index (κ3) is 4.06. The van der Waals surface area contributed by atoms with Crippen molar-refractivity contribution in [2.45, 2.75) is 57.7 Å². The van der Waals surface area contributed by atoms with E-state index >= 15 is 0 Å². The highest BCUT2D eigenvalue weighted by atomic mass is 79.9. The first-order valence-corrected chi connectivity index (χ1v) is 7.72. The lowest BCUT2D eigenvalue weighted by Gasteiger charge is -2.45. The van der Waals surface area contributed by atoms with Gasteiger partial charge >= 0.3 is 5.97 Å². The Morgan fingerprint density at radius 3 is 2.15 bits per heavy atom. The highest BCUT2D eigenvalue weighted by molar-refractivity contribution is 9.10. The Morgan fingerprint density at radius 2 is 1.65 bits per heavy atom. The predicted molar refractivity (Wildman–Crippen MR) is 83.9 cm³/mol. The molecule has 0 radical (unpaired) electrons. The Hall–Kier alpha value is -0.870. The van der Waals surface area contributed by atoms with E-state index in [1.807, 2.05) is 12.1 Å². The molecular weight excluding hydrogens is 318 g/mol. The molecule has 0 atom stereocenters. The summed E-state index contributed by atoms with van der Waals surface area (Å²) >= 11 is 3.36. The lowest BCUT2D eigenvalue weighted by Crippen LogP contribution is -2.59. The Balaban J connectivity index is 2.05. The van der Waals surface area contributed by atoms with Crippen molar-refractivity contribution in [3.05, 3.63) is 34.3 Å². The fourth-order valence-electron chi connectivity index (χ4n) is 3.12. The van der Waals surface area contributed by atoms with Crippen LogP contribution in [0, 0.1) is 0 Å². The minimum Gasteiger partial charge on any atom is -0.459 e. The van der Waals surface area contributed by atoms with Crippen molar-refractivity contribution in [2.24, 2.45) is 0 Å². The number of esters is 1. The van der Waals surface area contributed by atoms with Gasteiger partial charge in [-0.05, 0) is 52.0 Å². The van der Waals surface area contributed by atoms with Gasteiger partial charge in [0.05, 0.1) is 5.56 Å². The summed E-state index contributed by atoms with van der Waals surface area (Å²) in [5.74, 6) is -0.240. The van der Waals surface area contributed by atoms with Crippen LogP contribution in [-0.2, 0) is 4.74 Å². The molecule has 110 valence electrons. The lowest BCUT2D eigenvalue weighted by atomic mass is 9.81. The summed E-state index contributed by atoms with van der Waals surface area (Å²) in [5, 5.41) is 3.58. The van der Waals surface area contributed by atoms with Crippen molar-refractivity contribution in [1.29, 1.82) is 0 Å². The van der Waals surface area contributed by atoms with Crippen LogP contribution in [0.1, 0.15) is 50.9 Å². The molecule has 1 heterocycles. The second kappa shape index (κ2) is 5.49. The van der Waals surface area contributed by atoms with Crippen LogP contribution in [0.2, 0.25) is 0 Å². The predicted octanol–water partition coefficient (Wildman–Crippen LogP) is 3.92. The topological polar surface area (TPSA) is 38.3 Å². The number of rotatable bonds is 2. The van der Waals surface area contributed by atoms with Crippen LogP contribution < -0.4 is 5.32 Å². The van der Waals surface area contributed by atoms with Crippen LogP contribution in [0.25, 0.3) is 0 Å². The van der Waals surface area contributed by atoms with E-state index in [9.17, 15) is 4.79 Å². The molecule has 1 aliphatic heterocycles. The van der Waals surface area contributed by atoms with E-state index in [4.69, 9.17) is 4.74 Å². The quantitative estimate of drug-likeness (QED) is 0.830. The first-order chi connectivity index (χ1) is 9.17. The maximum Gasteiger partial charge on any atom is 0.338 e. The van der Waals surface area contributed by atoms with Crippen molar-refractivity contribution in [2.75, 3.05) is 0 Å². The lowest BCUT2D eigenvalue weighted by molar-refractivity contribution is -0.00637. The van der Waals surface area contributed by atoms with Gasteiger partial charge in [0.25, 0.3) is 0 Å². The molecule has 1 aliphatic rings. The molecule has 1 N–H and O–H groups in total. The smallest absolute Gasteiger partial charge is 0.338 e. The summed E-state index contributed by atoms with van der Waals surface area (Å²) in [4.78, 5) is 12.2. The zero-order valence-corrected chi connectivity index (χ0v) is 14.1. The Kier molecular flexibility index (Phi) is 4.26. The molecule has 2 rings (SSSR count). The van der Waals surface area contributed by atoms with E-state index < -0.39 is 0 Å². The molecule has 3 nitrogen and oxygen atoms in total. The van der Waals surface area contributed by atoms with Crippen molar-refractivity contribution in [3.63, 3.8) is 0 Å². The van der Waals surface area contributed by atoms with Crippen LogP contribution in [0.5, 0.6) is 0 Å². The minimum atomic E-state index is -0.240. The summed E-state index contributed by atoms with van der Waals surface area (Å²) in [5.41, 5.74) is 0.557. The molecule has 20 heavy (non-hydrogen) atoms. The van der Waals surface area contributed by atoms with Crippen LogP contribution in [0.4, 0.5) is 0 Å². The summed E-state index contributed by atoms with van der Waals surface area (Å²) in [6.45, 7) is 8.59. The molecule has 1 saturated heterocycles. The van der Waals surface area contributed by atoms with Gasteiger partial charge in [-0.15, -0.1) is 0 Å². The van der Waals surface area contributed by atoms with Gasteiger partial charge < -0.3 is 10.1 Å². The number of hydrogen-bond acceptors (Lipinski definition) is 3. The van der Waals surface area contributed by atoms with E-state index in [1.165, 1.54) is 0 Å². The molecule has 0 amide bonds. The second-order valence-corrected chi connectivity index (χ2v) is 7.75. The van der Waals surface area contributed by atoms with Gasteiger partial charge in [-0.3, -0.25) is 0 Å². The van der Waals surface area contributed by atoms with Crippen LogP contribution in [0.15, 0.2) is 28.7 Å². The van der Waals surface area contributed by atoms with Crippen molar-refractivity contribution < 1.29 is 9.53 Å². The molecule has 0 spiro atoms. The highest BCUT2D eigenvalue weighted by Gasteiger charge is 2.39. The van der Waals surface area contributed by atoms with E-state index in [0.29, 0.717) is 5.56 Å². The number of piperidine rings is 1. The maximum atomic E-state index is 12.2. The van der Waals surface area contributed by atoms with E-state index in [1.54, 1.807) is 12.1 Å². The average molecular weight is 340 g/mol. The highest BCUT2D eigenvalue weighted by Crippen LogP contribution is 2.30. The number of hydrogen-bond donors (Lipinski definition) is 1. The third-order valence-electron chi connectivity index (χ3n) is 3.51. The largest absolute Gasteiger partial charge is 0.459 e. The Morgan fingerprint density at radius 1 is 1.15 bits per heavy atom. The average Bonchev–Trinajstić information content (AvgIpc) is 2.25. The van der Waals surface area contributed by atoms with E-state index in [2.05, 4.69) is 48.9 Å². The molecule has 0 aliphatic carbocycles. The number of benzene rings is 1. The standard InChI is InChI=1S/C16H22BrNO2/c1-15(2)9-13(10-16(3,4)18-15)20-14(19)11-5-7-12(17)8-6-11/h5-8,13,18H,9-10H2,1-4H3. The van der Waals surface area contributed by atoms with Crippen LogP contribution in [0.3, 0.4) is 0 Å². The number of nitrogens with one attached hydrogen (secondary N) is 1. The minimum absolute atomic E-state index is 0.0214. The van der Waals surface area contributed by atoms with Gasteiger partial charge in [0.1, 0.15) is 6.10 Å². The van der Waals surface area contributed by atoms with E-state index in [-0.39, 0.29) is 23.2 Å². The summed E-state index contributed by atoms with van der Waals surface area (Å²) in [6, 6.07) is 7.27. The van der Waals surface area contributed by atoms with Gasteiger partial charge in [-0.1, -0.05) is 15.9 Å². The number of carbonyl (C=O) groups excluding carboxylic acids is 1. The molecule has 4 heteroatoms. The Labute approximate surface area is 129 Å². The fraction of sp³-hybridized carbons (Fsp3) is 0.562. The monoisotopic (exact) mass is 339 g/mol. The molecule has 0 unspecified atom stereocenters. The number of halogens is 1. The summed E-state index contributed by atoms with van der Waals surface area (Å²) in [7, 11) is 0. The van der Waals surface area contributed by atoms with Crippen LogP contribution >= 0.6 is 15.9 Å². The van der Waals surface area contributed by atoms with Gasteiger partial charge in [0.2, 0.25) is 0 Å². The normalized spacial score (nSPS) is 21.4. The summed E-state index contributed by atoms with van der Waals surface area (Å²) in [6.07, 6.45) is 1.62. The van der Waals surface area contributed by atoms with Crippen molar-refractivity contribution >= 4 is 21.9 Å². The number of carbonyl (C=O) groups is 1. The molecule has 1 aromatic rings. The SMILES string of the molecule is CC1(C)CC(OC(=O)c2ccc(Br)cc2)CC(C)(C)N1. The van der Waals surface area contributed by atoms with Crippen molar-refractivity contribution in [3.8, 4) is 0 Å². The third-order valence-corrected chi connectivity index (χ3v) is 4.04. The fourth-order valence-corrected chi connectivity index (χ4v) is 3.38. The second-order valence-electron chi connectivity index (χ2n) is 6.84. The maximum absolute atomic E-state index is 12.2. The van der Waals surface area contributed by atoms with Gasteiger partial charge in [-0.25, -0.2) is 4.79 Å². The molecule has 1 aromatic carbocycles. The van der Waals surface area contributed by atoms with Gasteiger partial charge in [0.15, 0.2) is 0 Å². The first kappa shape index (κ1) is 15.5. The molecule has 1 fully saturated rings. The zero-order valence-electron chi connectivity index (χ0n) is 12.5. The number of ether oxygens (including phenoxy) is 1. The Bertz CT molecular complexity index is 478. The summed E-state index contributed by atoms with van der Waals surface area (Å²) < 4.78 is 6.65. The van der Waals surface area contributed by atoms with Gasteiger partial charge in [-0.2, -0.15) is 0 Å². The first-order valence-electron chi connectivity index (χ1n) is 6.93. The molecule has 0 saturated carbocycles. The van der Waals surface area contributed by atoms with Gasteiger partial charge in [0, 0.05) is 28.4 Å². The molecule has 0 aromatic heterocycles.